The van der Waals surface area contributed by atoms with Gasteiger partial charge in [0, 0.05) is 18.0 Å². The zero-order chi connectivity index (χ0) is 13.3. The molecule has 1 aromatic heterocycles. The molecule has 1 aliphatic rings. The molecular formula is C12H19N3O2S. The van der Waals surface area contributed by atoms with Crippen LogP contribution in [0, 0.1) is 0 Å². The lowest BCUT2D eigenvalue weighted by atomic mass is 9.91. The van der Waals surface area contributed by atoms with Gasteiger partial charge in [-0.05, 0) is 24.4 Å². The molecule has 1 N–H and O–H groups in total. The van der Waals surface area contributed by atoms with Gasteiger partial charge in [0.2, 0.25) is 0 Å². The Morgan fingerprint density at radius 1 is 1.50 bits per heavy atom. The van der Waals surface area contributed by atoms with Gasteiger partial charge in [0.25, 0.3) is 5.91 Å². The van der Waals surface area contributed by atoms with Gasteiger partial charge in [0.15, 0.2) is 0 Å². The van der Waals surface area contributed by atoms with Crippen LogP contribution >= 0.6 is 11.5 Å². The predicted molar refractivity (Wildman–Crippen MR) is 69.8 cm³/mol. The van der Waals surface area contributed by atoms with Crippen LogP contribution in [0.3, 0.4) is 0 Å². The van der Waals surface area contributed by atoms with Crippen LogP contribution in [0.5, 0.6) is 0 Å². The lowest BCUT2D eigenvalue weighted by molar-refractivity contribution is 0.0710. The summed E-state index contributed by atoms with van der Waals surface area (Å²) in [6, 6.07) is 0.291. The summed E-state index contributed by atoms with van der Waals surface area (Å²) in [5.74, 6) is -0.0357. The number of aromatic nitrogens is 2. The third-order valence-electron chi connectivity index (χ3n) is 2.98. The molecule has 100 valence electrons. The summed E-state index contributed by atoms with van der Waals surface area (Å²) < 4.78 is 3.91. The van der Waals surface area contributed by atoms with Gasteiger partial charge in [0.1, 0.15) is 4.88 Å². The first kappa shape index (κ1) is 13.4. The predicted octanol–water partition coefficient (Wildman–Crippen LogP) is 1.43. The molecule has 5 nitrogen and oxygen atoms in total. The number of aliphatic hydroxyl groups excluding tert-OH is 1. The van der Waals surface area contributed by atoms with Crippen molar-refractivity contribution in [1.29, 1.82) is 0 Å². The minimum absolute atomic E-state index is 0.000671. The maximum Gasteiger partial charge on any atom is 0.267 e. The molecule has 1 aliphatic carbocycles. The summed E-state index contributed by atoms with van der Waals surface area (Å²) >= 11 is 1.15. The lowest BCUT2D eigenvalue weighted by Gasteiger charge is -2.23. The van der Waals surface area contributed by atoms with E-state index in [-0.39, 0.29) is 17.9 Å². The highest BCUT2D eigenvalue weighted by Crippen LogP contribution is 2.31. The Morgan fingerprint density at radius 2 is 2.17 bits per heavy atom. The zero-order valence-electron chi connectivity index (χ0n) is 11.0. The van der Waals surface area contributed by atoms with Gasteiger partial charge in [-0.25, -0.2) is 0 Å². The average Bonchev–Trinajstić information content (AvgIpc) is 2.98. The third-order valence-corrected chi connectivity index (χ3v) is 3.70. The highest BCUT2D eigenvalue weighted by molar-refractivity contribution is 7.08. The highest BCUT2D eigenvalue weighted by Gasteiger charge is 2.36. The Kier molecular flexibility index (Phi) is 3.68. The van der Waals surface area contributed by atoms with E-state index in [0.29, 0.717) is 17.5 Å². The molecule has 1 aromatic rings. The minimum atomic E-state index is -0.188. The minimum Gasteiger partial charge on any atom is -0.395 e. The summed E-state index contributed by atoms with van der Waals surface area (Å²) in [5.41, 5.74) is 0.563. The van der Waals surface area contributed by atoms with Crippen molar-refractivity contribution in [3.63, 3.8) is 0 Å². The van der Waals surface area contributed by atoms with Crippen LogP contribution in [0.1, 0.15) is 49.0 Å². The maximum atomic E-state index is 12.5. The Hall–Kier alpha value is -1.01. The number of nitrogens with zero attached hydrogens (tertiary/aromatic N) is 3. The molecule has 0 aromatic carbocycles. The van der Waals surface area contributed by atoms with E-state index in [1.54, 1.807) is 4.90 Å². The Balaban J connectivity index is 2.24. The van der Waals surface area contributed by atoms with E-state index in [9.17, 15) is 4.79 Å². The van der Waals surface area contributed by atoms with Gasteiger partial charge < -0.3 is 10.0 Å². The van der Waals surface area contributed by atoms with Gasteiger partial charge >= 0.3 is 0 Å². The molecule has 0 radical (unpaired) electrons. The highest BCUT2D eigenvalue weighted by atomic mass is 32.1. The maximum absolute atomic E-state index is 12.5. The number of aliphatic hydroxyl groups is 1. The van der Waals surface area contributed by atoms with Gasteiger partial charge in [-0.1, -0.05) is 25.3 Å². The van der Waals surface area contributed by atoms with Crippen LogP contribution < -0.4 is 0 Å². The first-order chi connectivity index (χ1) is 8.45. The molecule has 2 rings (SSSR count). The van der Waals surface area contributed by atoms with E-state index in [1.165, 1.54) is 0 Å². The number of carbonyl (C=O) groups is 1. The molecule has 6 heteroatoms. The fourth-order valence-corrected chi connectivity index (χ4v) is 2.73. The van der Waals surface area contributed by atoms with Gasteiger partial charge in [0.05, 0.1) is 12.3 Å². The molecule has 0 atom stereocenters. The van der Waals surface area contributed by atoms with Crippen molar-refractivity contribution < 1.29 is 9.90 Å². The van der Waals surface area contributed by atoms with Crippen molar-refractivity contribution in [3.05, 3.63) is 10.6 Å². The molecule has 1 heterocycles. The van der Waals surface area contributed by atoms with E-state index in [2.05, 4.69) is 9.59 Å². The first-order valence-corrected chi connectivity index (χ1v) is 6.97. The van der Waals surface area contributed by atoms with Crippen molar-refractivity contribution >= 4 is 17.4 Å². The molecule has 0 saturated heterocycles. The number of amides is 1. The SMILES string of the molecule is CC(C)(C)c1nnsc1C(=O)N(CCO)C1CC1. The van der Waals surface area contributed by atoms with Gasteiger partial charge in [-0.2, -0.15) is 0 Å². The topological polar surface area (TPSA) is 66.3 Å². The zero-order valence-corrected chi connectivity index (χ0v) is 11.8. The molecule has 0 spiro atoms. The summed E-state index contributed by atoms with van der Waals surface area (Å²) in [5, 5.41) is 13.2. The fraction of sp³-hybridized carbons (Fsp3) is 0.750. The number of carbonyl (C=O) groups excluding carboxylic acids is 1. The second kappa shape index (κ2) is 4.93. The largest absolute Gasteiger partial charge is 0.395 e. The van der Waals surface area contributed by atoms with E-state index >= 15 is 0 Å². The molecule has 0 aliphatic heterocycles. The van der Waals surface area contributed by atoms with E-state index in [1.807, 2.05) is 20.8 Å². The number of hydrogen-bond donors (Lipinski definition) is 1. The number of rotatable bonds is 4. The molecule has 18 heavy (non-hydrogen) atoms. The summed E-state index contributed by atoms with van der Waals surface area (Å²) in [4.78, 5) is 14.9. The third kappa shape index (κ3) is 2.70. The molecule has 1 fully saturated rings. The average molecular weight is 269 g/mol. The fourth-order valence-electron chi connectivity index (χ4n) is 1.90. The lowest BCUT2D eigenvalue weighted by Crippen LogP contribution is -2.36. The van der Waals surface area contributed by atoms with Crippen molar-refractivity contribution in [2.75, 3.05) is 13.2 Å². The first-order valence-electron chi connectivity index (χ1n) is 6.20. The van der Waals surface area contributed by atoms with Crippen LogP contribution in [0.15, 0.2) is 0 Å². The van der Waals surface area contributed by atoms with E-state index in [0.717, 1.165) is 30.1 Å². The standard InChI is InChI=1S/C12H19N3O2S/c1-12(2,3)10-9(18-14-13-10)11(17)15(6-7-16)8-4-5-8/h8,16H,4-7H2,1-3H3. The molecular weight excluding hydrogens is 250 g/mol. The van der Waals surface area contributed by atoms with Crippen LogP contribution in [0.25, 0.3) is 0 Å². The van der Waals surface area contributed by atoms with Crippen LogP contribution in [0.2, 0.25) is 0 Å². The van der Waals surface area contributed by atoms with Crippen LogP contribution in [-0.4, -0.2) is 44.7 Å². The summed E-state index contributed by atoms with van der Waals surface area (Å²) in [6.07, 6.45) is 2.06. The Bertz CT molecular complexity index is 435. The van der Waals surface area contributed by atoms with Gasteiger partial charge in [-0.3, -0.25) is 4.79 Å². The van der Waals surface area contributed by atoms with Crippen LogP contribution in [-0.2, 0) is 5.41 Å². The monoisotopic (exact) mass is 269 g/mol. The molecule has 0 bridgehead atoms. The molecule has 0 unspecified atom stereocenters. The quantitative estimate of drug-likeness (QED) is 0.898. The summed E-state index contributed by atoms with van der Waals surface area (Å²) in [7, 11) is 0. The van der Waals surface area contributed by atoms with Gasteiger partial charge in [-0.15, -0.1) is 5.10 Å². The van der Waals surface area contributed by atoms with Crippen molar-refractivity contribution in [2.45, 2.75) is 45.1 Å². The summed E-state index contributed by atoms with van der Waals surface area (Å²) in [6.45, 7) is 6.46. The van der Waals surface area contributed by atoms with E-state index in [4.69, 9.17) is 5.11 Å². The normalized spacial score (nSPS) is 15.8. The second-order valence-corrected chi connectivity index (χ2v) is 6.41. The van der Waals surface area contributed by atoms with E-state index < -0.39 is 0 Å². The molecule has 1 saturated carbocycles. The Morgan fingerprint density at radius 3 is 2.67 bits per heavy atom. The van der Waals surface area contributed by atoms with Crippen molar-refractivity contribution in [2.24, 2.45) is 0 Å². The smallest absolute Gasteiger partial charge is 0.267 e. The number of hydrogen-bond acceptors (Lipinski definition) is 5. The van der Waals surface area contributed by atoms with Crippen LogP contribution in [0.4, 0.5) is 0 Å². The van der Waals surface area contributed by atoms with Crippen molar-refractivity contribution in [3.8, 4) is 0 Å². The second-order valence-electron chi connectivity index (χ2n) is 5.65. The molecule has 1 amide bonds. The van der Waals surface area contributed by atoms with Crippen molar-refractivity contribution in [1.82, 2.24) is 14.5 Å². The Labute approximate surface area is 111 Å².